The fourth-order valence-electron chi connectivity index (χ4n) is 1.93. The lowest BCUT2D eigenvalue weighted by Crippen LogP contribution is -2.06. The van der Waals surface area contributed by atoms with Gasteiger partial charge in [0.25, 0.3) is 0 Å². The number of anilines is 1. The quantitative estimate of drug-likeness (QED) is 0.823. The van der Waals surface area contributed by atoms with Crippen molar-refractivity contribution in [1.82, 2.24) is 0 Å². The summed E-state index contributed by atoms with van der Waals surface area (Å²) in [7, 11) is 0. The van der Waals surface area contributed by atoms with Crippen molar-refractivity contribution in [1.29, 1.82) is 0 Å². The van der Waals surface area contributed by atoms with E-state index in [0.29, 0.717) is 10.8 Å². The molecule has 0 heterocycles. The normalized spacial score (nSPS) is 10.9. The van der Waals surface area contributed by atoms with Crippen molar-refractivity contribution in [2.45, 2.75) is 29.6 Å². The average molecular weight is 305 g/mol. The number of carboxylic acids is 1. The van der Waals surface area contributed by atoms with Gasteiger partial charge < -0.3 is 10.8 Å². The maximum atomic E-state index is 13.4. The topological polar surface area (TPSA) is 63.3 Å². The second-order valence-electron chi connectivity index (χ2n) is 4.97. The molecule has 0 atom stereocenters. The predicted molar refractivity (Wildman–Crippen MR) is 82.4 cm³/mol. The Hall–Kier alpha value is -2.01. The summed E-state index contributed by atoms with van der Waals surface area (Å²) in [6.07, 6.45) is 0. The van der Waals surface area contributed by atoms with Crippen LogP contribution in [-0.2, 0) is 0 Å². The molecule has 0 spiro atoms. The minimum absolute atomic E-state index is 0.187. The van der Waals surface area contributed by atoms with Gasteiger partial charge in [-0.1, -0.05) is 37.7 Å². The van der Waals surface area contributed by atoms with Gasteiger partial charge in [-0.3, -0.25) is 0 Å². The number of benzene rings is 2. The van der Waals surface area contributed by atoms with Crippen molar-refractivity contribution < 1.29 is 14.3 Å². The maximum absolute atomic E-state index is 13.4. The highest BCUT2D eigenvalue weighted by Crippen LogP contribution is 2.34. The van der Waals surface area contributed by atoms with E-state index in [1.807, 2.05) is 24.3 Å². The second-order valence-corrected chi connectivity index (χ2v) is 6.08. The first-order chi connectivity index (χ1) is 9.90. The number of rotatable bonds is 4. The summed E-state index contributed by atoms with van der Waals surface area (Å²) in [6, 6.07) is 10.5. The number of aromatic carboxylic acids is 1. The third-order valence-electron chi connectivity index (χ3n) is 3.14. The van der Waals surface area contributed by atoms with E-state index in [1.54, 1.807) is 0 Å². The molecule has 0 amide bonds. The summed E-state index contributed by atoms with van der Waals surface area (Å²) in [4.78, 5) is 12.6. The summed E-state index contributed by atoms with van der Waals surface area (Å²) < 4.78 is 13.4. The van der Waals surface area contributed by atoms with E-state index in [-0.39, 0.29) is 11.3 Å². The Labute approximate surface area is 127 Å². The van der Waals surface area contributed by atoms with Crippen LogP contribution in [0.1, 0.15) is 35.7 Å². The van der Waals surface area contributed by atoms with Gasteiger partial charge in [-0.2, -0.15) is 0 Å². The monoisotopic (exact) mass is 305 g/mol. The fraction of sp³-hybridized carbons (Fsp3) is 0.188. The lowest BCUT2D eigenvalue weighted by molar-refractivity contribution is 0.0694. The molecule has 0 aliphatic heterocycles. The smallest absolute Gasteiger partial charge is 0.339 e. The summed E-state index contributed by atoms with van der Waals surface area (Å²) >= 11 is 1.26. The van der Waals surface area contributed by atoms with Gasteiger partial charge >= 0.3 is 5.97 Å². The van der Waals surface area contributed by atoms with Gasteiger partial charge in [0.05, 0.1) is 11.3 Å². The molecule has 0 unspecified atom stereocenters. The van der Waals surface area contributed by atoms with Crippen LogP contribution in [0.3, 0.4) is 0 Å². The van der Waals surface area contributed by atoms with Crippen LogP contribution in [-0.4, -0.2) is 11.1 Å². The Morgan fingerprint density at radius 1 is 1.19 bits per heavy atom. The van der Waals surface area contributed by atoms with Gasteiger partial charge in [0.15, 0.2) is 0 Å². The first-order valence-electron chi connectivity index (χ1n) is 6.49. The van der Waals surface area contributed by atoms with E-state index in [9.17, 15) is 14.3 Å². The van der Waals surface area contributed by atoms with Crippen molar-refractivity contribution in [3.8, 4) is 0 Å². The standard InChI is InChI=1S/C16H16FNO2S/c1-9(2)10-3-5-11(6-4-10)21-13-8-7-12(17)15(18)14(13)16(19)20/h3-9H,18H2,1-2H3,(H,19,20). The molecule has 0 aromatic heterocycles. The van der Waals surface area contributed by atoms with Crippen LogP contribution >= 0.6 is 11.8 Å². The zero-order valence-electron chi connectivity index (χ0n) is 11.8. The summed E-state index contributed by atoms with van der Waals surface area (Å²) in [6.45, 7) is 4.21. The second kappa shape index (κ2) is 6.18. The van der Waals surface area contributed by atoms with Gasteiger partial charge in [0.1, 0.15) is 5.82 Å². The first kappa shape index (κ1) is 15.4. The van der Waals surface area contributed by atoms with E-state index in [4.69, 9.17) is 5.73 Å². The van der Waals surface area contributed by atoms with E-state index in [2.05, 4.69) is 13.8 Å². The molecule has 5 heteroatoms. The van der Waals surface area contributed by atoms with Gasteiger partial charge in [-0.05, 0) is 35.7 Å². The van der Waals surface area contributed by atoms with Crippen molar-refractivity contribution in [3.63, 3.8) is 0 Å². The van der Waals surface area contributed by atoms with Crippen LogP contribution < -0.4 is 5.73 Å². The van der Waals surface area contributed by atoms with Crippen LogP contribution in [0.25, 0.3) is 0 Å². The largest absolute Gasteiger partial charge is 0.478 e. The highest BCUT2D eigenvalue weighted by atomic mass is 32.2. The molecule has 21 heavy (non-hydrogen) atoms. The molecule has 110 valence electrons. The maximum Gasteiger partial charge on any atom is 0.339 e. The minimum atomic E-state index is -1.23. The molecule has 0 aliphatic rings. The van der Waals surface area contributed by atoms with E-state index >= 15 is 0 Å². The lowest BCUT2D eigenvalue weighted by atomic mass is 10.0. The number of carboxylic acid groups (broad SMARTS) is 1. The highest BCUT2D eigenvalue weighted by molar-refractivity contribution is 7.99. The third-order valence-corrected chi connectivity index (χ3v) is 4.21. The molecule has 0 fully saturated rings. The SMILES string of the molecule is CC(C)c1ccc(Sc2ccc(F)c(N)c2C(=O)O)cc1. The minimum Gasteiger partial charge on any atom is -0.478 e. The molecule has 0 bridgehead atoms. The molecule has 3 nitrogen and oxygen atoms in total. The van der Waals surface area contributed by atoms with E-state index in [0.717, 1.165) is 4.90 Å². The van der Waals surface area contributed by atoms with Gasteiger partial charge in [-0.25, -0.2) is 9.18 Å². The van der Waals surface area contributed by atoms with Gasteiger partial charge in [0.2, 0.25) is 0 Å². The molecule has 2 rings (SSSR count). The number of hydrogen-bond donors (Lipinski definition) is 2. The van der Waals surface area contributed by atoms with Crippen molar-refractivity contribution >= 4 is 23.4 Å². The highest BCUT2D eigenvalue weighted by Gasteiger charge is 2.18. The molecular weight excluding hydrogens is 289 g/mol. The zero-order valence-corrected chi connectivity index (χ0v) is 12.6. The molecule has 0 saturated heterocycles. The van der Waals surface area contributed by atoms with Crippen LogP contribution in [0.15, 0.2) is 46.2 Å². The number of halogens is 1. The Kier molecular flexibility index (Phi) is 4.53. The Morgan fingerprint density at radius 3 is 2.33 bits per heavy atom. The van der Waals surface area contributed by atoms with E-state index in [1.165, 1.54) is 29.5 Å². The summed E-state index contributed by atoms with van der Waals surface area (Å²) in [5.74, 6) is -1.51. The van der Waals surface area contributed by atoms with Crippen LogP contribution in [0, 0.1) is 5.82 Å². The van der Waals surface area contributed by atoms with Crippen LogP contribution in [0.2, 0.25) is 0 Å². The molecule has 2 aromatic carbocycles. The van der Waals surface area contributed by atoms with Crippen LogP contribution in [0.5, 0.6) is 0 Å². The zero-order chi connectivity index (χ0) is 15.6. The molecular formula is C16H16FNO2S. The Morgan fingerprint density at radius 2 is 1.81 bits per heavy atom. The lowest BCUT2D eigenvalue weighted by Gasteiger charge is -2.10. The predicted octanol–water partition coefficient (Wildman–Crippen LogP) is 4.38. The van der Waals surface area contributed by atoms with E-state index < -0.39 is 11.8 Å². The number of nitrogens with two attached hydrogens (primary N) is 1. The van der Waals surface area contributed by atoms with Crippen molar-refractivity contribution in [2.24, 2.45) is 0 Å². The molecule has 3 N–H and O–H groups in total. The Bertz CT molecular complexity index is 669. The molecule has 0 radical (unpaired) electrons. The summed E-state index contributed by atoms with van der Waals surface area (Å²) in [5.41, 5.74) is 6.22. The van der Waals surface area contributed by atoms with Crippen molar-refractivity contribution in [3.05, 3.63) is 53.3 Å². The number of hydrogen-bond acceptors (Lipinski definition) is 3. The van der Waals surface area contributed by atoms with Gasteiger partial charge in [0, 0.05) is 9.79 Å². The molecule has 0 aliphatic carbocycles. The van der Waals surface area contributed by atoms with Gasteiger partial charge in [-0.15, -0.1) is 0 Å². The average Bonchev–Trinajstić information content (AvgIpc) is 2.43. The third kappa shape index (κ3) is 3.36. The number of carbonyl (C=O) groups is 1. The first-order valence-corrected chi connectivity index (χ1v) is 7.31. The molecule has 2 aromatic rings. The Balaban J connectivity index is 2.35. The van der Waals surface area contributed by atoms with Crippen LogP contribution in [0.4, 0.5) is 10.1 Å². The fourth-order valence-corrected chi connectivity index (χ4v) is 2.89. The summed E-state index contributed by atoms with van der Waals surface area (Å²) in [5, 5.41) is 9.21. The molecule has 0 saturated carbocycles. The van der Waals surface area contributed by atoms with Crippen molar-refractivity contribution in [2.75, 3.05) is 5.73 Å². The number of nitrogen functional groups attached to an aromatic ring is 1.